The molecule has 0 bridgehead atoms. The Morgan fingerprint density at radius 1 is 1.00 bits per heavy atom. The van der Waals surface area contributed by atoms with Crippen LogP contribution in [0.2, 0.25) is 0 Å². The molecule has 3 aromatic rings. The van der Waals surface area contributed by atoms with E-state index in [1.54, 1.807) is 13.3 Å². The lowest BCUT2D eigenvalue weighted by molar-refractivity contribution is 0.211. The van der Waals surface area contributed by atoms with Crippen molar-refractivity contribution >= 4 is 6.21 Å². The third-order valence-electron chi connectivity index (χ3n) is 3.53. The summed E-state index contributed by atoms with van der Waals surface area (Å²) < 4.78 is 18.4. The van der Waals surface area contributed by atoms with Crippen molar-refractivity contribution in [2.45, 2.75) is 6.92 Å². The van der Waals surface area contributed by atoms with Gasteiger partial charge in [0.15, 0.2) is 11.5 Å². The Labute approximate surface area is 151 Å². The fraction of sp³-hybridized carbons (Fsp3) is 0.211. The summed E-state index contributed by atoms with van der Waals surface area (Å²) in [6.45, 7) is 2.89. The zero-order valence-electron chi connectivity index (χ0n) is 14.7. The monoisotopic (exact) mass is 352 g/mol. The van der Waals surface area contributed by atoms with Gasteiger partial charge >= 0.3 is 0 Å². The van der Waals surface area contributed by atoms with E-state index in [-0.39, 0.29) is 0 Å². The van der Waals surface area contributed by atoms with Gasteiger partial charge in [-0.15, -0.1) is 10.2 Å². The van der Waals surface area contributed by atoms with Crippen molar-refractivity contribution in [3.63, 3.8) is 0 Å². The molecule has 134 valence electrons. The number of methoxy groups -OCH3 is 1. The molecule has 0 aliphatic heterocycles. The minimum Gasteiger partial charge on any atom is -0.493 e. The minimum absolute atomic E-state index is 0.415. The molecule has 0 saturated carbocycles. The topological polar surface area (TPSA) is 70.8 Å². The Balaban J connectivity index is 1.55. The number of hydrogen-bond acceptors (Lipinski definition) is 6. The van der Waals surface area contributed by atoms with Gasteiger partial charge in [-0.3, -0.25) is 0 Å². The molecule has 0 saturated heterocycles. The van der Waals surface area contributed by atoms with Crippen LogP contribution in [0.25, 0.3) is 0 Å². The summed E-state index contributed by atoms with van der Waals surface area (Å²) >= 11 is 0. The van der Waals surface area contributed by atoms with E-state index in [1.807, 2.05) is 49.4 Å². The molecule has 0 radical (unpaired) electrons. The zero-order chi connectivity index (χ0) is 18.2. The molecular weight excluding hydrogens is 332 g/mol. The van der Waals surface area contributed by atoms with E-state index in [1.165, 1.54) is 17.3 Å². The van der Waals surface area contributed by atoms with Crippen LogP contribution in [0.15, 0.2) is 60.2 Å². The molecule has 26 heavy (non-hydrogen) atoms. The third kappa shape index (κ3) is 4.83. The normalized spacial score (nSPS) is 10.8. The zero-order valence-corrected chi connectivity index (χ0v) is 14.7. The maximum Gasteiger partial charge on any atom is 0.161 e. The molecule has 7 heteroatoms. The molecule has 0 amide bonds. The molecule has 0 spiro atoms. The van der Waals surface area contributed by atoms with Gasteiger partial charge < -0.3 is 14.2 Å². The molecule has 0 unspecified atom stereocenters. The van der Waals surface area contributed by atoms with E-state index in [4.69, 9.17) is 14.2 Å². The summed E-state index contributed by atoms with van der Waals surface area (Å²) in [6.07, 6.45) is 4.72. The molecule has 0 N–H and O–H groups in total. The number of ether oxygens (including phenoxy) is 3. The quantitative estimate of drug-likeness (QED) is 0.460. The van der Waals surface area contributed by atoms with Gasteiger partial charge in [-0.25, -0.2) is 4.68 Å². The van der Waals surface area contributed by atoms with Gasteiger partial charge in [0.1, 0.15) is 31.6 Å². The standard InChI is InChI=1S/C19H20N4O3/c1-15-4-3-5-17(10-15)25-8-9-26-18-7-6-16(11-19(18)24-2)12-22-23-13-20-21-14-23/h3-7,10-14H,8-9H2,1-2H3/b22-12-. The maximum absolute atomic E-state index is 5.77. The van der Waals surface area contributed by atoms with E-state index in [2.05, 4.69) is 15.3 Å². The van der Waals surface area contributed by atoms with E-state index in [0.717, 1.165) is 16.9 Å². The van der Waals surface area contributed by atoms with Crippen LogP contribution in [0.5, 0.6) is 17.2 Å². The van der Waals surface area contributed by atoms with Crippen LogP contribution in [0.4, 0.5) is 0 Å². The lowest BCUT2D eigenvalue weighted by atomic mass is 10.2. The lowest BCUT2D eigenvalue weighted by Crippen LogP contribution is -2.09. The Morgan fingerprint density at radius 3 is 2.58 bits per heavy atom. The third-order valence-corrected chi connectivity index (χ3v) is 3.53. The second-order valence-electron chi connectivity index (χ2n) is 5.51. The van der Waals surface area contributed by atoms with Crippen molar-refractivity contribution in [1.29, 1.82) is 0 Å². The molecule has 0 aliphatic carbocycles. The summed E-state index contributed by atoms with van der Waals surface area (Å²) in [5.74, 6) is 2.12. The number of aryl methyl sites for hydroxylation is 1. The molecule has 0 aliphatic rings. The van der Waals surface area contributed by atoms with Crippen molar-refractivity contribution in [2.75, 3.05) is 20.3 Å². The highest BCUT2D eigenvalue weighted by Crippen LogP contribution is 2.27. The Morgan fingerprint density at radius 2 is 1.81 bits per heavy atom. The highest BCUT2D eigenvalue weighted by Gasteiger charge is 2.05. The van der Waals surface area contributed by atoms with Gasteiger partial charge in [-0.05, 0) is 48.4 Å². The van der Waals surface area contributed by atoms with E-state index in [9.17, 15) is 0 Å². The highest BCUT2D eigenvalue weighted by atomic mass is 16.5. The predicted octanol–water partition coefficient (Wildman–Crippen LogP) is 2.94. The number of benzene rings is 2. The van der Waals surface area contributed by atoms with Gasteiger partial charge in [0.05, 0.1) is 13.3 Å². The number of hydrogen-bond donors (Lipinski definition) is 0. The summed E-state index contributed by atoms with van der Waals surface area (Å²) in [5.41, 5.74) is 2.03. The predicted molar refractivity (Wildman–Crippen MR) is 98.2 cm³/mol. The average molecular weight is 352 g/mol. The Bertz CT molecular complexity index is 863. The van der Waals surface area contributed by atoms with Crippen molar-refractivity contribution in [3.8, 4) is 17.2 Å². The van der Waals surface area contributed by atoms with Crippen molar-refractivity contribution < 1.29 is 14.2 Å². The molecule has 3 rings (SSSR count). The van der Waals surface area contributed by atoms with Crippen LogP contribution >= 0.6 is 0 Å². The van der Waals surface area contributed by atoms with Gasteiger partial charge in [0.25, 0.3) is 0 Å². The molecule has 0 atom stereocenters. The first-order valence-corrected chi connectivity index (χ1v) is 8.14. The van der Waals surface area contributed by atoms with Gasteiger partial charge in [-0.2, -0.15) is 5.10 Å². The second-order valence-corrected chi connectivity index (χ2v) is 5.51. The first-order valence-electron chi connectivity index (χ1n) is 8.14. The minimum atomic E-state index is 0.415. The first-order chi connectivity index (χ1) is 12.7. The van der Waals surface area contributed by atoms with Crippen LogP contribution in [0.1, 0.15) is 11.1 Å². The molecule has 1 aromatic heterocycles. The summed E-state index contributed by atoms with van der Waals surface area (Å²) in [4.78, 5) is 0. The first kappa shape index (κ1) is 17.5. The fourth-order valence-corrected chi connectivity index (χ4v) is 2.29. The smallest absolute Gasteiger partial charge is 0.161 e. The lowest BCUT2D eigenvalue weighted by Gasteiger charge is -2.12. The number of aromatic nitrogens is 3. The van der Waals surface area contributed by atoms with Gasteiger partial charge in [-0.1, -0.05) is 12.1 Å². The molecule has 0 fully saturated rings. The average Bonchev–Trinajstić information content (AvgIpc) is 3.17. The van der Waals surface area contributed by atoms with E-state index >= 15 is 0 Å². The highest BCUT2D eigenvalue weighted by molar-refractivity contribution is 5.80. The van der Waals surface area contributed by atoms with Crippen LogP contribution in [-0.4, -0.2) is 41.4 Å². The summed E-state index contributed by atoms with van der Waals surface area (Å²) in [7, 11) is 1.60. The molecule has 2 aromatic carbocycles. The Hall–Kier alpha value is -3.35. The summed E-state index contributed by atoms with van der Waals surface area (Å²) in [6, 6.07) is 13.5. The summed E-state index contributed by atoms with van der Waals surface area (Å²) in [5, 5.41) is 11.6. The number of rotatable bonds is 8. The number of nitrogens with zero attached hydrogens (tertiary/aromatic N) is 4. The van der Waals surface area contributed by atoms with Crippen LogP contribution < -0.4 is 14.2 Å². The Kier molecular flexibility index (Phi) is 5.82. The van der Waals surface area contributed by atoms with E-state index in [0.29, 0.717) is 24.7 Å². The van der Waals surface area contributed by atoms with Gasteiger partial charge in [0, 0.05) is 0 Å². The largest absolute Gasteiger partial charge is 0.493 e. The van der Waals surface area contributed by atoms with Crippen LogP contribution in [-0.2, 0) is 0 Å². The molecule has 7 nitrogen and oxygen atoms in total. The van der Waals surface area contributed by atoms with Gasteiger partial charge in [0.2, 0.25) is 0 Å². The molecule has 1 heterocycles. The maximum atomic E-state index is 5.77. The molecular formula is C19H20N4O3. The fourth-order valence-electron chi connectivity index (χ4n) is 2.29. The van der Waals surface area contributed by atoms with Crippen LogP contribution in [0, 0.1) is 6.92 Å². The SMILES string of the molecule is COc1cc(/C=N\n2cnnc2)ccc1OCCOc1cccc(C)c1. The van der Waals surface area contributed by atoms with Crippen molar-refractivity contribution in [1.82, 2.24) is 14.9 Å². The van der Waals surface area contributed by atoms with Crippen molar-refractivity contribution in [2.24, 2.45) is 5.10 Å². The van der Waals surface area contributed by atoms with Crippen LogP contribution in [0.3, 0.4) is 0 Å². The second kappa shape index (κ2) is 8.66. The van der Waals surface area contributed by atoms with Crippen molar-refractivity contribution in [3.05, 3.63) is 66.2 Å². The van der Waals surface area contributed by atoms with E-state index < -0.39 is 0 Å².